The highest BCUT2D eigenvalue weighted by atomic mass is 32.2. The van der Waals surface area contributed by atoms with Gasteiger partial charge < -0.3 is 10.1 Å². The van der Waals surface area contributed by atoms with E-state index in [4.69, 9.17) is 4.74 Å². The Morgan fingerprint density at radius 3 is 2.18 bits per heavy atom. The molecule has 0 spiro atoms. The van der Waals surface area contributed by atoms with Gasteiger partial charge in [0.15, 0.2) is 0 Å². The first-order valence-electron chi connectivity index (χ1n) is 9.30. The molecule has 28 heavy (non-hydrogen) atoms. The van der Waals surface area contributed by atoms with Crippen LogP contribution in [-0.4, -0.2) is 32.7 Å². The molecule has 0 saturated heterocycles. The zero-order valence-corrected chi connectivity index (χ0v) is 17.6. The van der Waals surface area contributed by atoms with Crippen molar-refractivity contribution in [2.24, 2.45) is 0 Å². The van der Waals surface area contributed by atoms with Crippen LogP contribution in [0.15, 0.2) is 54.6 Å². The maximum atomic E-state index is 12.8. The standard InChI is InChI=1S/C21H28N2O4S/c1-5-20(23(28(4,25)26)18-9-7-6-8-10-18)21(24)22-15-17-11-13-19(14-12-17)27-16(2)3/h6-14,16,20H,5,15H2,1-4H3,(H,22,24)/t20-/m1/s1. The van der Waals surface area contributed by atoms with E-state index in [-0.39, 0.29) is 12.0 Å². The van der Waals surface area contributed by atoms with Gasteiger partial charge >= 0.3 is 0 Å². The third-order valence-electron chi connectivity index (χ3n) is 4.10. The normalized spacial score (nSPS) is 12.5. The quantitative estimate of drug-likeness (QED) is 0.696. The van der Waals surface area contributed by atoms with Gasteiger partial charge in [0.1, 0.15) is 11.8 Å². The number of nitrogens with zero attached hydrogens (tertiary/aromatic N) is 1. The Morgan fingerprint density at radius 1 is 1.07 bits per heavy atom. The summed E-state index contributed by atoms with van der Waals surface area (Å²) < 4.78 is 31.5. The molecule has 0 aliphatic rings. The lowest BCUT2D eigenvalue weighted by atomic mass is 10.1. The highest BCUT2D eigenvalue weighted by molar-refractivity contribution is 7.92. The minimum absolute atomic E-state index is 0.0934. The number of nitrogens with one attached hydrogen (secondary N) is 1. The molecule has 152 valence electrons. The first-order chi connectivity index (χ1) is 13.2. The molecule has 0 aromatic heterocycles. The highest BCUT2D eigenvalue weighted by Gasteiger charge is 2.31. The van der Waals surface area contributed by atoms with Gasteiger partial charge in [0.25, 0.3) is 0 Å². The number of sulfonamides is 1. The van der Waals surface area contributed by atoms with E-state index in [0.717, 1.165) is 17.6 Å². The highest BCUT2D eigenvalue weighted by Crippen LogP contribution is 2.22. The van der Waals surface area contributed by atoms with Gasteiger partial charge in [0.05, 0.1) is 18.0 Å². The summed E-state index contributed by atoms with van der Waals surface area (Å²) in [6.07, 6.45) is 1.56. The first kappa shape index (κ1) is 21.8. The lowest BCUT2D eigenvalue weighted by molar-refractivity contribution is -0.122. The van der Waals surface area contributed by atoms with E-state index < -0.39 is 16.1 Å². The van der Waals surface area contributed by atoms with Gasteiger partial charge in [0.2, 0.25) is 15.9 Å². The summed E-state index contributed by atoms with van der Waals surface area (Å²) in [4.78, 5) is 12.8. The number of hydrogen-bond acceptors (Lipinski definition) is 4. The van der Waals surface area contributed by atoms with Gasteiger partial charge in [-0.2, -0.15) is 0 Å². The van der Waals surface area contributed by atoms with E-state index in [1.54, 1.807) is 37.3 Å². The number of ether oxygens (including phenoxy) is 1. The van der Waals surface area contributed by atoms with Crippen molar-refractivity contribution < 1.29 is 17.9 Å². The molecular weight excluding hydrogens is 376 g/mol. The number of benzene rings is 2. The lowest BCUT2D eigenvalue weighted by Crippen LogP contribution is -2.49. The Morgan fingerprint density at radius 2 is 1.68 bits per heavy atom. The maximum Gasteiger partial charge on any atom is 0.244 e. The predicted molar refractivity (Wildman–Crippen MR) is 112 cm³/mol. The summed E-state index contributed by atoms with van der Waals surface area (Å²) in [7, 11) is -3.62. The number of para-hydroxylation sites is 1. The van der Waals surface area contributed by atoms with E-state index in [1.807, 2.05) is 38.1 Å². The smallest absolute Gasteiger partial charge is 0.244 e. The molecule has 1 atom stereocenters. The fraction of sp³-hybridized carbons (Fsp3) is 0.381. The van der Waals surface area contributed by atoms with Crippen LogP contribution in [0.5, 0.6) is 5.75 Å². The zero-order valence-electron chi connectivity index (χ0n) is 16.8. The van der Waals surface area contributed by atoms with E-state index >= 15 is 0 Å². The summed E-state index contributed by atoms with van der Waals surface area (Å²) in [5.74, 6) is 0.433. The fourth-order valence-corrected chi connectivity index (χ4v) is 4.11. The lowest BCUT2D eigenvalue weighted by Gasteiger charge is -2.30. The summed E-state index contributed by atoms with van der Waals surface area (Å²) in [6.45, 7) is 6.02. The summed E-state index contributed by atoms with van der Waals surface area (Å²) in [5, 5.41) is 2.85. The number of carbonyl (C=O) groups excluding carboxylic acids is 1. The van der Waals surface area contributed by atoms with Crippen LogP contribution in [0.1, 0.15) is 32.8 Å². The topological polar surface area (TPSA) is 75.7 Å². The molecule has 0 radical (unpaired) electrons. The van der Waals surface area contributed by atoms with Gasteiger partial charge in [-0.05, 0) is 50.1 Å². The largest absolute Gasteiger partial charge is 0.491 e. The molecule has 0 fully saturated rings. The number of anilines is 1. The Kier molecular flexibility index (Phi) is 7.45. The van der Waals surface area contributed by atoms with E-state index in [2.05, 4.69) is 5.32 Å². The second kappa shape index (κ2) is 9.59. The third-order valence-corrected chi connectivity index (χ3v) is 5.28. The Balaban J connectivity index is 2.11. The van der Waals surface area contributed by atoms with Crippen LogP contribution in [0.25, 0.3) is 0 Å². The molecule has 7 heteroatoms. The van der Waals surface area contributed by atoms with E-state index in [9.17, 15) is 13.2 Å². The maximum absolute atomic E-state index is 12.8. The van der Waals surface area contributed by atoms with Gasteiger partial charge in [0, 0.05) is 6.54 Å². The van der Waals surface area contributed by atoms with Gasteiger partial charge in [-0.3, -0.25) is 9.10 Å². The van der Waals surface area contributed by atoms with E-state index in [1.165, 1.54) is 4.31 Å². The van der Waals surface area contributed by atoms with Crippen LogP contribution >= 0.6 is 0 Å². The molecule has 0 aliphatic carbocycles. The Labute approximate surface area is 167 Å². The molecule has 6 nitrogen and oxygen atoms in total. The molecular formula is C21H28N2O4S. The van der Waals surface area contributed by atoms with Crippen molar-refractivity contribution in [3.8, 4) is 5.75 Å². The molecule has 2 rings (SSSR count). The predicted octanol–water partition coefficient (Wildman–Crippen LogP) is 3.33. The van der Waals surface area contributed by atoms with Crippen LogP contribution in [0, 0.1) is 0 Å². The van der Waals surface area contributed by atoms with Gasteiger partial charge in [-0.1, -0.05) is 37.3 Å². The minimum Gasteiger partial charge on any atom is -0.491 e. The molecule has 0 unspecified atom stereocenters. The van der Waals surface area contributed by atoms with Crippen LogP contribution in [0.3, 0.4) is 0 Å². The summed E-state index contributed by atoms with van der Waals surface area (Å²) >= 11 is 0. The molecule has 0 saturated carbocycles. The van der Waals surface area contributed by atoms with Crippen molar-refractivity contribution in [3.63, 3.8) is 0 Å². The first-order valence-corrected chi connectivity index (χ1v) is 11.1. The number of hydrogen-bond donors (Lipinski definition) is 1. The van der Waals surface area contributed by atoms with Crippen molar-refractivity contribution in [3.05, 3.63) is 60.2 Å². The van der Waals surface area contributed by atoms with Crippen molar-refractivity contribution in [1.82, 2.24) is 5.32 Å². The zero-order chi connectivity index (χ0) is 20.7. The van der Waals surface area contributed by atoms with Gasteiger partial charge in [-0.25, -0.2) is 8.42 Å². The number of carbonyl (C=O) groups is 1. The van der Waals surface area contributed by atoms with E-state index in [0.29, 0.717) is 18.7 Å². The summed E-state index contributed by atoms with van der Waals surface area (Å²) in [6, 6.07) is 15.3. The van der Waals surface area contributed by atoms with Crippen LogP contribution in [0.2, 0.25) is 0 Å². The molecule has 0 heterocycles. The van der Waals surface area contributed by atoms with Crippen molar-refractivity contribution >= 4 is 21.6 Å². The molecule has 2 aromatic carbocycles. The molecule has 1 amide bonds. The van der Waals surface area contributed by atoms with Crippen LogP contribution in [0.4, 0.5) is 5.69 Å². The average molecular weight is 405 g/mol. The fourth-order valence-electron chi connectivity index (χ4n) is 2.90. The average Bonchev–Trinajstić information content (AvgIpc) is 2.64. The monoisotopic (exact) mass is 404 g/mol. The van der Waals surface area contributed by atoms with Crippen molar-refractivity contribution in [2.75, 3.05) is 10.6 Å². The number of amides is 1. The van der Waals surface area contributed by atoms with Crippen LogP contribution in [-0.2, 0) is 21.4 Å². The SMILES string of the molecule is CC[C@H](C(=O)NCc1ccc(OC(C)C)cc1)N(c1ccccc1)S(C)(=O)=O. The Hall–Kier alpha value is -2.54. The van der Waals surface area contributed by atoms with Gasteiger partial charge in [-0.15, -0.1) is 0 Å². The molecule has 0 aliphatic heterocycles. The second-order valence-electron chi connectivity index (χ2n) is 6.85. The minimum atomic E-state index is -3.62. The Bertz CT molecular complexity index is 865. The molecule has 0 bridgehead atoms. The second-order valence-corrected chi connectivity index (χ2v) is 8.71. The summed E-state index contributed by atoms with van der Waals surface area (Å²) in [5.41, 5.74) is 1.38. The molecule has 1 N–H and O–H groups in total. The molecule has 2 aromatic rings. The third kappa shape index (κ3) is 5.99. The number of rotatable bonds is 9. The van der Waals surface area contributed by atoms with Crippen molar-refractivity contribution in [2.45, 2.75) is 45.9 Å². The van der Waals surface area contributed by atoms with Crippen LogP contribution < -0.4 is 14.4 Å². The van der Waals surface area contributed by atoms with Crippen molar-refractivity contribution in [1.29, 1.82) is 0 Å².